The summed E-state index contributed by atoms with van der Waals surface area (Å²) in [6, 6.07) is 4.01. The minimum Gasteiger partial charge on any atom is -0.397 e. The van der Waals surface area contributed by atoms with E-state index in [1.165, 1.54) is 38.6 Å². The highest BCUT2D eigenvalue weighted by Gasteiger charge is 2.31. The summed E-state index contributed by atoms with van der Waals surface area (Å²) in [5.41, 5.74) is 6.43. The summed E-state index contributed by atoms with van der Waals surface area (Å²) >= 11 is 0. The Morgan fingerprint density at radius 2 is 1.94 bits per heavy atom. The van der Waals surface area contributed by atoms with E-state index in [9.17, 15) is 0 Å². The van der Waals surface area contributed by atoms with Crippen LogP contribution in [0.15, 0.2) is 18.3 Å². The molecular formula is C14H21N3. The lowest BCUT2D eigenvalue weighted by Gasteiger charge is -2.41. The first-order valence-electron chi connectivity index (χ1n) is 6.79. The van der Waals surface area contributed by atoms with Gasteiger partial charge in [-0.2, -0.15) is 0 Å². The molecule has 1 aliphatic carbocycles. The van der Waals surface area contributed by atoms with Crippen molar-refractivity contribution in [2.45, 2.75) is 32.1 Å². The number of nitrogens with zero attached hydrogens (tertiary/aromatic N) is 2. The van der Waals surface area contributed by atoms with Crippen molar-refractivity contribution in [1.29, 1.82) is 0 Å². The molecular weight excluding hydrogens is 210 g/mol. The quantitative estimate of drug-likeness (QED) is 0.808. The van der Waals surface area contributed by atoms with E-state index in [0.29, 0.717) is 0 Å². The maximum atomic E-state index is 5.68. The van der Waals surface area contributed by atoms with Gasteiger partial charge in [0.15, 0.2) is 0 Å². The highest BCUT2D eigenvalue weighted by atomic mass is 15.2. The lowest BCUT2D eigenvalue weighted by molar-refractivity contribution is 0.202. The van der Waals surface area contributed by atoms with Gasteiger partial charge in [-0.1, -0.05) is 19.3 Å². The number of nitrogen functional groups attached to an aromatic ring is 1. The van der Waals surface area contributed by atoms with Crippen LogP contribution >= 0.6 is 0 Å². The zero-order chi connectivity index (χ0) is 11.7. The first-order chi connectivity index (χ1) is 8.33. The van der Waals surface area contributed by atoms with Gasteiger partial charge in [0.2, 0.25) is 0 Å². The average molecular weight is 231 g/mol. The Labute approximate surface area is 103 Å². The van der Waals surface area contributed by atoms with Crippen LogP contribution in [0.3, 0.4) is 0 Å². The van der Waals surface area contributed by atoms with Gasteiger partial charge in [0, 0.05) is 13.1 Å². The van der Waals surface area contributed by atoms with E-state index in [2.05, 4.69) is 16.0 Å². The number of aromatic nitrogens is 1. The Balaban J connectivity index is 1.71. The lowest BCUT2D eigenvalue weighted by atomic mass is 9.75. The molecule has 2 aliphatic rings. The highest BCUT2D eigenvalue weighted by molar-refractivity contribution is 5.46. The first kappa shape index (κ1) is 10.9. The number of hydrogen-bond donors (Lipinski definition) is 1. The molecule has 1 aromatic heterocycles. The molecule has 0 spiro atoms. The van der Waals surface area contributed by atoms with Crippen molar-refractivity contribution < 1.29 is 0 Å². The van der Waals surface area contributed by atoms with Crippen LogP contribution in [0.4, 0.5) is 11.5 Å². The molecule has 1 aromatic rings. The summed E-state index contributed by atoms with van der Waals surface area (Å²) in [6.45, 7) is 2.36. The van der Waals surface area contributed by atoms with Crippen LogP contribution in [0.25, 0.3) is 0 Å². The van der Waals surface area contributed by atoms with Crippen molar-refractivity contribution in [3.05, 3.63) is 18.3 Å². The molecule has 0 bridgehead atoms. The monoisotopic (exact) mass is 231 g/mol. The second-order valence-electron chi connectivity index (χ2n) is 5.49. The van der Waals surface area contributed by atoms with Crippen LogP contribution in [-0.2, 0) is 0 Å². The molecule has 2 N–H and O–H groups in total. The van der Waals surface area contributed by atoms with Gasteiger partial charge >= 0.3 is 0 Å². The number of pyridine rings is 1. The van der Waals surface area contributed by atoms with Gasteiger partial charge in [-0.25, -0.2) is 4.98 Å². The summed E-state index contributed by atoms with van der Waals surface area (Å²) in [5, 5.41) is 0. The minimum absolute atomic E-state index is 0.751. The Hall–Kier alpha value is -1.25. The third-order valence-corrected chi connectivity index (χ3v) is 4.39. The largest absolute Gasteiger partial charge is 0.397 e. The van der Waals surface area contributed by atoms with Crippen molar-refractivity contribution in [2.75, 3.05) is 23.7 Å². The van der Waals surface area contributed by atoms with Gasteiger partial charge in [-0.3, -0.25) is 0 Å². The Kier molecular flexibility index (Phi) is 2.91. The summed E-state index contributed by atoms with van der Waals surface area (Å²) in [6.07, 6.45) is 8.84. The fraction of sp³-hybridized carbons (Fsp3) is 0.643. The molecule has 3 rings (SSSR count). The van der Waals surface area contributed by atoms with E-state index in [4.69, 9.17) is 5.73 Å². The summed E-state index contributed by atoms with van der Waals surface area (Å²) in [5.74, 6) is 2.98. The number of rotatable bonds is 1. The third kappa shape index (κ3) is 2.24. The number of hydrogen-bond acceptors (Lipinski definition) is 3. The van der Waals surface area contributed by atoms with E-state index in [1.807, 2.05) is 6.07 Å². The van der Waals surface area contributed by atoms with Crippen LogP contribution in [0.5, 0.6) is 0 Å². The number of anilines is 2. The van der Waals surface area contributed by atoms with Crippen LogP contribution in [0.2, 0.25) is 0 Å². The summed E-state index contributed by atoms with van der Waals surface area (Å²) < 4.78 is 0. The SMILES string of the molecule is Nc1ccc(N2CCC3CCCCC3C2)nc1. The van der Waals surface area contributed by atoms with Gasteiger partial charge in [0.25, 0.3) is 0 Å². The van der Waals surface area contributed by atoms with Gasteiger partial charge in [0.05, 0.1) is 11.9 Å². The van der Waals surface area contributed by atoms with E-state index in [1.54, 1.807) is 6.20 Å². The molecule has 0 aromatic carbocycles. The molecule has 2 fully saturated rings. The fourth-order valence-electron chi connectivity index (χ4n) is 3.39. The molecule has 0 radical (unpaired) electrons. The molecule has 3 nitrogen and oxygen atoms in total. The van der Waals surface area contributed by atoms with Crippen LogP contribution in [0.1, 0.15) is 32.1 Å². The Morgan fingerprint density at radius 1 is 1.12 bits per heavy atom. The highest BCUT2D eigenvalue weighted by Crippen LogP contribution is 2.37. The zero-order valence-electron chi connectivity index (χ0n) is 10.3. The summed E-state index contributed by atoms with van der Waals surface area (Å²) in [4.78, 5) is 6.88. The van der Waals surface area contributed by atoms with E-state index in [-0.39, 0.29) is 0 Å². The average Bonchev–Trinajstić information content (AvgIpc) is 2.39. The predicted octanol–water partition coefficient (Wildman–Crippen LogP) is 2.68. The van der Waals surface area contributed by atoms with E-state index >= 15 is 0 Å². The fourth-order valence-corrected chi connectivity index (χ4v) is 3.39. The number of fused-ring (bicyclic) bond motifs is 1. The molecule has 0 amide bonds. The zero-order valence-corrected chi connectivity index (χ0v) is 10.3. The standard InChI is InChI=1S/C14H21N3/c15-13-5-6-14(16-9-13)17-8-7-11-3-1-2-4-12(11)10-17/h5-6,9,11-12H,1-4,7-8,10,15H2. The van der Waals surface area contributed by atoms with Crippen LogP contribution < -0.4 is 10.6 Å². The van der Waals surface area contributed by atoms with Crippen molar-refractivity contribution in [1.82, 2.24) is 4.98 Å². The normalized spacial score (nSPS) is 28.8. The molecule has 2 unspecified atom stereocenters. The third-order valence-electron chi connectivity index (χ3n) is 4.39. The van der Waals surface area contributed by atoms with E-state index in [0.717, 1.165) is 29.9 Å². The first-order valence-corrected chi connectivity index (χ1v) is 6.79. The van der Waals surface area contributed by atoms with E-state index < -0.39 is 0 Å². The second kappa shape index (κ2) is 4.55. The maximum absolute atomic E-state index is 5.68. The molecule has 17 heavy (non-hydrogen) atoms. The van der Waals surface area contributed by atoms with Crippen molar-refractivity contribution in [3.8, 4) is 0 Å². The number of nitrogens with two attached hydrogens (primary N) is 1. The Morgan fingerprint density at radius 3 is 2.71 bits per heavy atom. The Bertz CT molecular complexity index is 374. The molecule has 3 heteroatoms. The van der Waals surface area contributed by atoms with Crippen molar-refractivity contribution >= 4 is 11.5 Å². The second-order valence-corrected chi connectivity index (χ2v) is 5.49. The molecule has 2 atom stereocenters. The predicted molar refractivity (Wildman–Crippen MR) is 70.9 cm³/mol. The molecule has 1 saturated carbocycles. The summed E-state index contributed by atoms with van der Waals surface area (Å²) in [7, 11) is 0. The van der Waals surface area contributed by atoms with Crippen LogP contribution in [-0.4, -0.2) is 18.1 Å². The molecule has 1 aliphatic heterocycles. The maximum Gasteiger partial charge on any atom is 0.128 e. The minimum atomic E-state index is 0.751. The van der Waals surface area contributed by atoms with Crippen molar-refractivity contribution in [3.63, 3.8) is 0 Å². The van der Waals surface area contributed by atoms with Gasteiger partial charge in [-0.05, 0) is 36.8 Å². The molecule has 92 valence electrons. The van der Waals surface area contributed by atoms with Crippen LogP contribution in [0, 0.1) is 11.8 Å². The number of piperidine rings is 1. The smallest absolute Gasteiger partial charge is 0.128 e. The van der Waals surface area contributed by atoms with Crippen molar-refractivity contribution in [2.24, 2.45) is 11.8 Å². The molecule has 1 saturated heterocycles. The topological polar surface area (TPSA) is 42.1 Å². The van der Waals surface area contributed by atoms with Gasteiger partial charge < -0.3 is 10.6 Å². The molecule has 2 heterocycles. The van der Waals surface area contributed by atoms with Gasteiger partial charge in [0.1, 0.15) is 5.82 Å². The lowest BCUT2D eigenvalue weighted by Crippen LogP contribution is -2.42. The van der Waals surface area contributed by atoms with Gasteiger partial charge in [-0.15, -0.1) is 0 Å².